The van der Waals surface area contributed by atoms with Gasteiger partial charge in [0.05, 0.1) is 18.4 Å². The average Bonchev–Trinajstić information content (AvgIpc) is 3.62. The maximum Gasteiger partial charge on any atom is 0.410 e. The van der Waals surface area contributed by atoms with E-state index in [9.17, 15) is 19.5 Å². The number of nitrogens with one attached hydrogen (secondary N) is 1. The number of aliphatic hydroxyl groups is 1. The first-order chi connectivity index (χ1) is 21.3. The van der Waals surface area contributed by atoms with E-state index in [2.05, 4.69) is 31.6 Å². The van der Waals surface area contributed by atoms with Crippen LogP contribution in [0.3, 0.4) is 0 Å². The highest BCUT2D eigenvalue weighted by atomic mass is 16.6. The number of nitrogens with two attached hydrogens (primary N) is 1. The first-order valence-corrected chi connectivity index (χ1v) is 15.3. The maximum atomic E-state index is 12.1. The van der Waals surface area contributed by atoms with Crippen LogP contribution in [0.1, 0.15) is 65.5 Å². The molecule has 1 aromatic heterocycles. The first-order valence-electron chi connectivity index (χ1n) is 15.3. The molecule has 1 aromatic carbocycles. The molecule has 0 spiro atoms. The highest BCUT2D eigenvalue weighted by Gasteiger charge is 2.37. The number of allylic oxidation sites excluding steroid dienone is 7. The number of carbonyl (C=O) groups is 2. The molecule has 4 N–H and O–H groups in total. The van der Waals surface area contributed by atoms with E-state index < -0.39 is 23.6 Å². The fourth-order valence-electron chi connectivity index (χ4n) is 4.77. The van der Waals surface area contributed by atoms with Gasteiger partial charge in [-0.2, -0.15) is 0 Å². The molecular formula is C36H49N3O6. The molecule has 9 nitrogen and oxygen atoms in total. The quantitative estimate of drug-likeness (QED) is 0.154. The number of aliphatic hydroxyl groups excluding tert-OH is 1. The molecule has 3 unspecified atom stereocenters. The number of hydrogen-bond acceptors (Lipinski definition) is 6. The smallest absolute Gasteiger partial charge is 0.410 e. The summed E-state index contributed by atoms with van der Waals surface area (Å²) in [5.41, 5.74) is 6.88. The maximum absolute atomic E-state index is 12.1. The Morgan fingerprint density at radius 3 is 2.44 bits per heavy atom. The summed E-state index contributed by atoms with van der Waals surface area (Å²) in [5, 5.41) is 10.1. The molecule has 2 aromatic rings. The van der Waals surface area contributed by atoms with Crippen molar-refractivity contribution in [2.45, 2.75) is 71.4 Å². The van der Waals surface area contributed by atoms with Gasteiger partial charge in [0.25, 0.3) is 0 Å². The van der Waals surface area contributed by atoms with Crippen molar-refractivity contribution in [3.05, 3.63) is 96.1 Å². The van der Waals surface area contributed by atoms with Crippen molar-refractivity contribution in [2.24, 2.45) is 17.6 Å². The van der Waals surface area contributed by atoms with Gasteiger partial charge in [-0.05, 0) is 76.2 Å². The molecule has 244 valence electrons. The Morgan fingerprint density at radius 2 is 1.91 bits per heavy atom. The largest absolute Gasteiger partial charge is 0.512 e. The molecule has 3 atom stereocenters. The zero-order valence-corrected chi connectivity index (χ0v) is 27.3. The van der Waals surface area contributed by atoms with Crippen molar-refractivity contribution in [3.63, 3.8) is 0 Å². The second-order valence-corrected chi connectivity index (χ2v) is 11.9. The number of aromatic amines is 1. The summed E-state index contributed by atoms with van der Waals surface area (Å²) in [4.78, 5) is 39.4. The highest BCUT2D eigenvalue weighted by Crippen LogP contribution is 2.43. The molecule has 1 aliphatic carbocycles. The Bertz CT molecular complexity index is 1480. The minimum Gasteiger partial charge on any atom is -0.512 e. The molecule has 1 saturated heterocycles. The molecule has 1 aliphatic heterocycles. The number of unbranched alkanes of at least 4 members (excludes halogenated alkanes) is 1. The van der Waals surface area contributed by atoms with Crippen LogP contribution in [0.25, 0.3) is 16.5 Å². The van der Waals surface area contributed by atoms with Crippen LogP contribution in [0.2, 0.25) is 0 Å². The van der Waals surface area contributed by atoms with Crippen molar-refractivity contribution in [1.29, 1.82) is 0 Å². The van der Waals surface area contributed by atoms with E-state index in [-0.39, 0.29) is 5.43 Å². The number of rotatable bonds is 9. The van der Waals surface area contributed by atoms with E-state index in [0.29, 0.717) is 47.4 Å². The van der Waals surface area contributed by atoms with Crippen LogP contribution in [0.5, 0.6) is 5.75 Å². The van der Waals surface area contributed by atoms with Crippen LogP contribution in [0, 0.1) is 11.8 Å². The number of H-pyrrole nitrogens is 1. The summed E-state index contributed by atoms with van der Waals surface area (Å²) < 4.78 is 10.3. The van der Waals surface area contributed by atoms with Crippen LogP contribution in [0.4, 0.5) is 4.79 Å². The summed E-state index contributed by atoms with van der Waals surface area (Å²) in [6.07, 6.45) is 13.2. The summed E-state index contributed by atoms with van der Waals surface area (Å²) in [6.45, 7) is 19.1. The number of methoxy groups -OCH3 is 1. The molecule has 0 bridgehead atoms. The molecule has 0 radical (unpaired) electrons. The van der Waals surface area contributed by atoms with Crippen molar-refractivity contribution in [2.75, 3.05) is 13.7 Å². The van der Waals surface area contributed by atoms with Gasteiger partial charge in [-0.25, -0.2) is 4.79 Å². The third-order valence-corrected chi connectivity index (χ3v) is 7.24. The summed E-state index contributed by atoms with van der Waals surface area (Å²) in [5.74, 6) is 1.77. The second kappa shape index (κ2) is 17.1. The molecular weight excluding hydrogens is 570 g/mol. The number of pyridine rings is 1. The number of fused-ring (bicyclic) bond motifs is 1. The molecule has 4 rings (SSSR count). The third kappa shape index (κ3) is 11.2. The molecule has 2 fully saturated rings. The minimum absolute atomic E-state index is 0.0387. The Balaban J connectivity index is 0.000000244. The van der Waals surface area contributed by atoms with Crippen molar-refractivity contribution in [1.82, 2.24) is 9.88 Å². The Kier molecular flexibility index (Phi) is 13.9. The molecule has 1 saturated carbocycles. The third-order valence-electron chi connectivity index (χ3n) is 7.24. The number of aromatic nitrogens is 1. The fourth-order valence-corrected chi connectivity index (χ4v) is 4.77. The lowest BCUT2D eigenvalue weighted by Gasteiger charge is -2.27. The number of likely N-dealkylation sites (tertiary alicyclic amines) is 1. The van der Waals surface area contributed by atoms with E-state index in [1.165, 1.54) is 4.90 Å². The van der Waals surface area contributed by atoms with Crippen LogP contribution < -0.4 is 15.9 Å². The van der Waals surface area contributed by atoms with Gasteiger partial charge in [0.2, 0.25) is 5.91 Å². The van der Waals surface area contributed by atoms with E-state index in [0.717, 1.165) is 36.8 Å². The van der Waals surface area contributed by atoms with Crippen LogP contribution in [0.15, 0.2) is 84.9 Å². The van der Waals surface area contributed by atoms with Gasteiger partial charge in [-0.3, -0.25) is 14.5 Å². The monoisotopic (exact) mass is 619 g/mol. The number of nitrogens with zero attached hydrogens (tertiary/aromatic N) is 1. The number of primary amides is 1. The predicted molar refractivity (Wildman–Crippen MR) is 182 cm³/mol. The topological polar surface area (TPSA) is 135 Å². The Labute approximate surface area is 266 Å². The summed E-state index contributed by atoms with van der Waals surface area (Å²) in [7, 11) is 1.59. The molecule has 45 heavy (non-hydrogen) atoms. The lowest BCUT2D eigenvalue weighted by molar-refractivity contribution is -0.122. The van der Waals surface area contributed by atoms with E-state index in [1.54, 1.807) is 70.4 Å². The lowest BCUT2D eigenvalue weighted by Crippen LogP contribution is -2.45. The summed E-state index contributed by atoms with van der Waals surface area (Å²) >= 11 is 0. The molecule has 2 heterocycles. The first kappa shape index (κ1) is 36.7. The van der Waals surface area contributed by atoms with Crippen molar-refractivity contribution >= 4 is 28.5 Å². The van der Waals surface area contributed by atoms with E-state index in [1.807, 2.05) is 12.2 Å². The van der Waals surface area contributed by atoms with Crippen molar-refractivity contribution in [3.8, 4) is 5.75 Å². The average molecular weight is 620 g/mol. The van der Waals surface area contributed by atoms with Crippen molar-refractivity contribution < 1.29 is 24.2 Å². The number of hydrogen-bond donors (Lipinski definition) is 3. The van der Waals surface area contributed by atoms with Gasteiger partial charge in [-0.15, -0.1) is 6.58 Å². The van der Waals surface area contributed by atoms with Crippen LogP contribution in [-0.2, 0) is 9.53 Å². The number of carbonyl (C=O) groups excluding carboxylic acids is 2. The summed E-state index contributed by atoms with van der Waals surface area (Å²) in [6, 6.07) is 6.38. The molecule has 2 amide bonds. The second-order valence-electron chi connectivity index (χ2n) is 11.9. The number of amides is 2. The standard InChI is InChI=1S/C16H15NO2.C10H18N2O3.C10H16O/c1-4-6-11(5-2)14-10-16(18)13-8-7-12(19-3)9-15(13)17-14;1-10(2,3)15-9(14)12-6-4-5-7(12)8(11)13;1-3-5-6-10(11)9-7-8(9)4-2/h4-10H,1-2H2,3H3,(H,17,18);7H,4-6H2,1-3H3,(H2,11,13);4,6,8-9,11H,2-3,5,7H2,1H3/b11-6+;;10-6+. The van der Waals surface area contributed by atoms with Gasteiger partial charge < -0.3 is 25.3 Å². The zero-order valence-electron chi connectivity index (χ0n) is 27.3. The van der Waals surface area contributed by atoms with E-state index in [4.69, 9.17) is 15.2 Å². The lowest BCUT2D eigenvalue weighted by atomic mass is 10.1. The normalized spacial score (nSPS) is 19.3. The van der Waals surface area contributed by atoms with Gasteiger partial charge in [0, 0.05) is 35.7 Å². The highest BCUT2D eigenvalue weighted by molar-refractivity contribution is 5.85. The Hall–Kier alpha value is -4.53. The minimum atomic E-state index is -0.540. The van der Waals surface area contributed by atoms with Gasteiger partial charge in [0.15, 0.2) is 5.43 Å². The number of ether oxygens (including phenoxy) is 2. The molecule has 9 heteroatoms. The van der Waals surface area contributed by atoms with E-state index >= 15 is 0 Å². The van der Waals surface area contributed by atoms with Crippen LogP contribution >= 0.6 is 0 Å². The van der Waals surface area contributed by atoms with Gasteiger partial charge in [-0.1, -0.05) is 50.8 Å². The van der Waals surface area contributed by atoms with Gasteiger partial charge >= 0.3 is 6.09 Å². The predicted octanol–water partition coefficient (Wildman–Crippen LogP) is 7.21. The molecule has 2 aliphatic rings. The number of benzene rings is 1. The fraction of sp³-hybridized carbons (Fsp3) is 0.417. The zero-order chi connectivity index (χ0) is 33.7. The van der Waals surface area contributed by atoms with Crippen LogP contribution in [-0.4, -0.2) is 52.3 Å². The SMILES string of the molecule is C=C/C=C(\C=C)c1cc(=O)c2ccc(OC)cc2[nH]1.C=CC1CC1/C(O)=C\CCC.CC(C)(C)OC(=O)N1CCCC1C(N)=O. The Morgan fingerprint density at radius 1 is 1.20 bits per heavy atom. The van der Waals surface area contributed by atoms with Gasteiger partial charge in [0.1, 0.15) is 17.4 Å².